The lowest BCUT2D eigenvalue weighted by molar-refractivity contribution is -0.155. The fourth-order valence-corrected chi connectivity index (χ4v) is 3.59. The Bertz CT molecular complexity index is 722. The van der Waals surface area contributed by atoms with Crippen LogP contribution in [0, 0.1) is 11.3 Å². The molecular formula is C23H35N3O2. The van der Waals surface area contributed by atoms with Gasteiger partial charge in [-0.25, -0.2) is 0 Å². The Morgan fingerprint density at radius 2 is 1.93 bits per heavy atom. The van der Waals surface area contributed by atoms with Crippen LogP contribution in [0.3, 0.4) is 0 Å². The highest BCUT2D eigenvalue weighted by molar-refractivity contribution is 5.70. The Hall–Kier alpha value is -1.93. The fourth-order valence-electron chi connectivity index (χ4n) is 3.59. The molecule has 5 heteroatoms. The van der Waals surface area contributed by atoms with Crippen molar-refractivity contribution < 1.29 is 9.53 Å². The second-order valence-electron chi connectivity index (χ2n) is 10.1. The number of ether oxygens (including phenoxy) is 1. The van der Waals surface area contributed by atoms with Crippen molar-refractivity contribution in [1.82, 2.24) is 9.88 Å². The molecule has 0 N–H and O–H groups in total. The topological polar surface area (TPSA) is 66.2 Å². The van der Waals surface area contributed by atoms with Crippen LogP contribution in [0.1, 0.15) is 84.9 Å². The van der Waals surface area contributed by atoms with E-state index in [1.54, 1.807) is 0 Å². The van der Waals surface area contributed by atoms with Crippen molar-refractivity contribution >= 4 is 5.97 Å². The van der Waals surface area contributed by atoms with Crippen molar-refractivity contribution in [2.75, 3.05) is 13.1 Å². The first-order valence-electron chi connectivity index (χ1n) is 10.2. The second-order valence-corrected chi connectivity index (χ2v) is 10.1. The molecule has 0 amide bonds. The van der Waals surface area contributed by atoms with E-state index in [2.05, 4.69) is 42.8 Å². The van der Waals surface area contributed by atoms with E-state index in [4.69, 9.17) is 4.74 Å². The second kappa shape index (κ2) is 8.21. The normalized spacial score (nSPS) is 20.4. The summed E-state index contributed by atoms with van der Waals surface area (Å²) in [5, 5.41) is 9.75. The van der Waals surface area contributed by atoms with E-state index in [0.717, 1.165) is 30.8 Å². The molecule has 2 atom stereocenters. The molecule has 1 aliphatic rings. The third kappa shape index (κ3) is 5.78. The van der Waals surface area contributed by atoms with Gasteiger partial charge in [0, 0.05) is 36.3 Å². The quantitative estimate of drug-likeness (QED) is 0.695. The molecule has 1 aromatic rings. The van der Waals surface area contributed by atoms with Crippen molar-refractivity contribution in [1.29, 1.82) is 5.26 Å². The number of rotatable bonds is 5. The number of nitriles is 1. The van der Waals surface area contributed by atoms with E-state index >= 15 is 0 Å². The predicted octanol–water partition coefficient (Wildman–Crippen LogP) is 4.57. The van der Waals surface area contributed by atoms with Crippen LogP contribution in [0.2, 0.25) is 0 Å². The molecular weight excluding hydrogens is 350 g/mol. The Morgan fingerprint density at radius 3 is 2.39 bits per heavy atom. The Kier molecular flexibility index (Phi) is 6.55. The summed E-state index contributed by atoms with van der Waals surface area (Å²) in [6.45, 7) is 16.2. The summed E-state index contributed by atoms with van der Waals surface area (Å²) >= 11 is 0. The van der Waals surface area contributed by atoms with Crippen molar-refractivity contribution in [3.63, 3.8) is 0 Å². The summed E-state index contributed by atoms with van der Waals surface area (Å²) in [7, 11) is 0. The number of carbonyl (C=O) groups excluding carboxylic acids is 1. The maximum atomic E-state index is 12.0. The molecule has 0 bridgehead atoms. The summed E-state index contributed by atoms with van der Waals surface area (Å²) in [5.41, 5.74) is 0.854. The first-order chi connectivity index (χ1) is 12.8. The number of hydrogen-bond donors (Lipinski definition) is 0. The number of carbonyl (C=O) groups is 1. The lowest BCUT2D eigenvalue weighted by Crippen LogP contribution is -2.39. The van der Waals surface area contributed by atoms with Gasteiger partial charge < -0.3 is 4.74 Å². The van der Waals surface area contributed by atoms with Crippen LogP contribution in [0.4, 0.5) is 0 Å². The van der Waals surface area contributed by atoms with Crippen LogP contribution >= 0.6 is 0 Å². The number of likely N-dealkylation sites (tertiary alicyclic amines) is 1. The van der Waals surface area contributed by atoms with Gasteiger partial charge in [-0.15, -0.1) is 0 Å². The standard InChI is InChI=1S/C23H35N3O2/c1-21(2,3)26-13-11-17(15-26)19-9-8-18(14-25-19)23(7,16-24)12-10-20(27)28-22(4,5)6/h8-9,14,17H,10-13,15H2,1-7H3. The van der Waals surface area contributed by atoms with Gasteiger partial charge in [-0.1, -0.05) is 6.07 Å². The van der Waals surface area contributed by atoms with E-state index in [1.807, 2.05) is 40.0 Å². The zero-order chi connectivity index (χ0) is 21.2. The van der Waals surface area contributed by atoms with Crippen molar-refractivity contribution in [3.05, 3.63) is 29.6 Å². The average Bonchev–Trinajstić information content (AvgIpc) is 3.09. The minimum absolute atomic E-state index is 0.176. The van der Waals surface area contributed by atoms with E-state index in [9.17, 15) is 10.1 Å². The first-order valence-corrected chi connectivity index (χ1v) is 10.2. The summed E-state index contributed by atoms with van der Waals surface area (Å²) in [6.07, 6.45) is 3.55. The van der Waals surface area contributed by atoms with Gasteiger partial charge in [-0.2, -0.15) is 5.26 Å². The third-order valence-corrected chi connectivity index (χ3v) is 5.47. The molecule has 0 saturated carbocycles. The first kappa shape index (κ1) is 22.4. The number of nitrogens with zero attached hydrogens (tertiary/aromatic N) is 3. The van der Waals surface area contributed by atoms with Gasteiger partial charge in [0.15, 0.2) is 0 Å². The monoisotopic (exact) mass is 385 g/mol. The maximum absolute atomic E-state index is 12.0. The Labute approximate surface area is 170 Å². The van der Waals surface area contributed by atoms with Gasteiger partial charge in [0.1, 0.15) is 5.60 Å². The van der Waals surface area contributed by atoms with E-state index in [1.165, 1.54) is 0 Å². The molecule has 1 aromatic heterocycles. The zero-order valence-electron chi connectivity index (χ0n) is 18.5. The number of hydrogen-bond acceptors (Lipinski definition) is 5. The molecule has 1 aliphatic heterocycles. The number of esters is 1. The minimum atomic E-state index is -0.754. The molecule has 2 heterocycles. The summed E-state index contributed by atoms with van der Waals surface area (Å²) in [4.78, 5) is 19.2. The number of aromatic nitrogens is 1. The molecule has 0 radical (unpaired) electrons. The van der Waals surface area contributed by atoms with Gasteiger partial charge in [-0.3, -0.25) is 14.7 Å². The zero-order valence-corrected chi connectivity index (χ0v) is 18.5. The van der Waals surface area contributed by atoms with Crippen LogP contribution in [-0.4, -0.2) is 40.1 Å². The molecule has 154 valence electrons. The highest BCUT2D eigenvalue weighted by Crippen LogP contribution is 2.33. The van der Waals surface area contributed by atoms with Crippen LogP contribution in [-0.2, 0) is 14.9 Å². The molecule has 0 spiro atoms. The van der Waals surface area contributed by atoms with Crippen LogP contribution in [0.25, 0.3) is 0 Å². The van der Waals surface area contributed by atoms with Gasteiger partial charge in [0.05, 0.1) is 11.5 Å². The summed E-state index contributed by atoms with van der Waals surface area (Å²) in [5.74, 6) is 0.162. The fraction of sp³-hybridized carbons (Fsp3) is 0.696. The maximum Gasteiger partial charge on any atom is 0.306 e. The molecule has 5 nitrogen and oxygen atoms in total. The molecule has 1 fully saturated rings. The average molecular weight is 386 g/mol. The third-order valence-electron chi connectivity index (χ3n) is 5.47. The molecule has 1 saturated heterocycles. The predicted molar refractivity (Wildman–Crippen MR) is 111 cm³/mol. The van der Waals surface area contributed by atoms with Crippen molar-refractivity contribution in [2.24, 2.45) is 0 Å². The van der Waals surface area contributed by atoms with Gasteiger partial charge in [0.25, 0.3) is 0 Å². The largest absolute Gasteiger partial charge is 0.460 e. The Morgan fingerprint density at radius 1 is 1.25 bits per heavy atom. The molecule has 0 aromatic carbocycles. The minimum Gasteiger partial charge on any atom is -0.460 e. The SMILES string of the molecule is CC(C)(C)OC(=O)CCC(C)(C#N)c1ccc(C2CCN(C(C)(C)C)C2)nc1. The van der Waals surface area contributed by atoms with Gasteiger partial charge in [-0.05, 0) is 79.5 Å². The van der Waals surface area contributed by atoms with Crippen LogP contribution in [0.5, 0.6) is 0 Å². The van der Waals surface area contributed by atoms with Gasteiger partial charge >= 0.3 is 5.97 Å². The molecule has 2 unspecified atom stereocenters. The lowest BCUT2D eigenvalue weighted by atomic mass is 9.80. The summed E-state index contributed by atoms with van der Waals surface area (Å²) < 4.78 is 5.37. The Balaban J connectivity index is 2.04. The van der Waals surface area contributed by atoms with E-state index < -0.39 is 11.0 Å². The van der Waals surface area contributed by atoms with E-state index in [-0.39, 0.29) is 17.9 Å². The van der Waals surface area contributed by atoms with Crippen molar-refractivity contribution in [2.45, 2.75) is 90.2 Å². The van der Waals surface area contributed by atoms with Crippen LogP contribution < -0.4 is 0 Å². The highest BCUT2D eigenvalue weighted by Gasteiger charge is 2.33. The summed E-state index contributed by atoms with van der Waals surface area (Å²) in [6, 6.07) is 6.42. The molecule has 2 rings (SSSR count). The van der Waals surface area contributed by atoms with Crippen LogP contribution in [0.15, 0.2) is 18.3 Å². The highest BCUT2D eigenvalue weighted by atomic mass is 16.6. The van der Waals surface area contributed by atoms with Gasteiger partial charge in [0.2, 0.25) is 0 Å². The number of pyridine rings is 1. The van der Waals surface area contributed by atoms with E-state index in [0.29, 0.717) is 12.3 Å². The molecule has 0 aliphatic carbocycles. The smallest absolute Gasteiger partial charge is 0.306 e. The molecule has 28 heavy (non-hydrogen) atoms. The lowest BCUT2D eigenvalue weighted by Gasteiger charge is -2.31. The van der Waals surface area contributed by atoms with Crippen molar-refractivity contribution in [3.8, 4) is 6.07 Å².